The topological polar surface area (TPSA) is 26.3 Å². The maximum atomic E-state index is 10.1. The van der Waals surface area contributed by atoms with Crippen LogP contribution in [0.2, 0.25) is 0 Å². The van der Waals surface area contributed by atoms with Gasteiger partial charge in [-0.15, -0.1) is 6.58 Å². The minimum Gasteiger partial charge on any atom is -0.463 e. The Morgan fingerprint density at radius 1 is 1.15 bits per heavy atom. The summed E-state index contributed by atoms with van der Waals surface area (Å²) in [4.78, 5) is 10.1. The Bertz CT molecular complexity index is 366. The van der Waals surface area contributed by atoms with Crippen molar-refractivity contribution in [1.29, 1.82) is 0 Å². The molecule has 1 aromatic carbocycles. The molecule has 0 radical (unpaired) electrons. The Kier molecular flexibility index (Phi) is 17.1. The van der Waals surface area contributed by atoms with Gasteiger partial charge >= 0.3 is 5.97 Å². The third kappa shape index (κ3) is 15.9. The van der Waals surface area contributed by atoms with Gasteiger partial charge in [-0.2, -0.15) is 0 Å². The molecule has 0 amide bonds. The summed E-state index contributed by atoms with van der Waals surface area (Å²) in [5.74, 6) is -0.359. The first-order valence-corrected chi connectivity index (χ1v) is 6.73. The number of carbonyl (C=O) groups is 1. The highest BCUT2D eigenvalue weighted by Crippen LogP contribution is 1.97. The molecule has 2 heteroatoms. The van der Waals surface area contributed by atoms with E-state index in [1.54, 1.807) is 6.92 Å². The van der Waals surface area contributed by atoms with Crippen LogP contribution in [0.4, 0.5) is 0 Å². The Balaban J connectivity index is 0. The molecule has 0 heterocycles. The molecular weight excluding hydrogens is 248 g/mol. The molecule has 110 valence electrons. The summed E-state index contributed by atoms with van der Waals surface area (Å²) in [6, 6.07) is 10.0. The van der Waals surface area contributed by atoms with Gasteiger partial charge in [-0.25, -0.2) is 4.79 Å². The number of unbranched alkanes of at least 4 members (excludes halogenated alkanes) is 1. The second kappa shape index (κ2) is 16.9. The molecule has 0 saturated heterocycles. The fourth-order valence-corrected chi connectivity index (χ4v) is 0.994. The lowest BCUT2D eigenvalue weighted by atomic mass is 10.2. The van der Waals surface area contributed by atoms with Crippen LogP contribution < -0.4 is 0 Å². The SMILES string of the molecule is C=CC(=O)OCC.C=CCCC.C=Cc1ccccc1. The molecule has 0 atom stereocenters. The fraction of sp³-hybridized carbons (Fsp3) is 0.278. The Morgan fingerprint density at radius 2 is 1.75 bits per heavy atom. The standard InChI is InChI=1S/C8H8.C5H8O2.C5H10/c1-2-8-6-4-3-5-7-8;1-3-5(6)7-4-2;1-3-5-4-2/h2-7H,1H2;3H,1,4H2,2H3;3H,1,4-5H2,2H3. The number of carbonyl (C=O) groups excluding carboxylic acids is 1. The lowest BCUT2D eigenvalue weighted by Crippen LogP contribution is -1.97. The van der Waals surface area contributed by atoms with Crippen LogP contribution in [0.3, 0.4) is 0 Å². The molecule has 20 heavy (non-hydrogen) atoms. The number of hydrogen-bond donors (Lipinski definition) is 0. The molecule has 0 aromatic heterocycles. The average Bonchev–Trinajstić information content (AvgIpc) is 2.50. The van der Waals surface area contributed by atoms with Crippen molar-refractivity contribution in [2.24, 2.45) is 0 Å². The first-order valence-electron chi connectivity index (χ1n) is 6.73. The van der Waals surface area contributed by atoms with Gasteiger partial charge in [0.2, 0.25) is 0 Å². The Morgan fingerprint density at radius 3 is 1.95 bits per heavy atom. The third-order valence-electron chi connectivity index (χ3n) is 1.98. The predicted molar refractivity (Wildman–Crippen MR) is 88.5 cm³/mol. The molecule has 0 saturated carbocycles. The van der Waals surface area contributed by atoms with E-state index in [-0.39, 0.29) is 5.97 Å². The van der Waals surface area contributed by atoms with Crippen LogP contribution in [0.15, 0.2) is 62.2 Å². The van der Waals surface area contributed by atoms with Gasteiger partial charge in [0.1, 0.15) is 0 Å². The monoisotopic (exact) mass is 274 g/mol. The van der Waals surface area contributed by atoms with Crippen molar-refractivity contribution < 1.29 is 9.53 Å². The molecule has 2 nitrogen and oxygen atoms in total. The zero-order valence-corrected chi connectivity index (χ0v) is 12.7. The van der Waals surface area contributed by atoms with E-state index in [4.69, 9.17) is 0 Å². The van der Waals surface area contributed by atoms with Crippen molar-refractivity contribution in [2.75, 3.05) is 6.61 Å². The lowest BCUT2D eigenvalue weighted by molar-refractivity contribution is -0.137. The van der Waals surface area contributed by atoms with Crippen LogP contribution >= 0.6 is 0 Å². The van der Waals surface area contributed by atoms with Gasteiger partial charge < -0.3 is 4.74 Å². The summed E-state index contributed by atoms with van der Waals surface area (Å²) in [5, 5.41) is 0. The van der Waals surface area contributed by atoms with Gasteiger partial charge in [-0.3, -0.25) is 0 Å². The largest absolute Gasteiger partial charge is 0.463 e. The molecule has 0 N–H and O–H groups in total. The van der Waals surface area contributed by atoms with Gasteiger partial charge in [-0.1, -0.05) is 69.0 Å². The minimum absolute atomic E-state index is 0.359. The van der Waals surface area contributed by atoms with E-state index in [0.29, 0.717) is 6.61 Å². The maximum Gasteiger partial charge on any atom is 0.330 e. The first-order chi connectivity index (χ1) is 9.65. The van der Waals surface area contributed by atoms with Gasteiger partial charge in [0.15, 0.2) is 0 Å². The van der Waals surface area contributed by atoms with Crippen molar-refractivity contribution in [1.82, 2.24) is 0 Å². The Hall–Kier alpha value is -2.09. The number of hydrogen-bond acceptors (Lipinski definition) is 2. The average molecular weight is 274 g/mol. The van der Waals surface area contributed by atoms with E-state index < -0.39 is 0 Å². The molecule has 0 aliphatic carbocycles. The van der Waals surface area contributed by atoms with Gasteiger partial charge in [0, 0.05) is 6.08 Å². The van der Waals surface area contributed by atoms with Crippen molar-refractivity contribution >= 4 is 12.0 Å². The number of rotatable bonds is 5. The van der Waals surface area contributed by atoms with Crippen LogP contribution in [-0.2, 0) is 9.53 Å². The normalized spacial score (nSPS) is 7.90. The minimum atomic E-state index is -0.359. The van der Waals surface area contributed by atoms with E-state index in [2.05, 4.69) is 31.4 Å². The highest BCUT2D eigenvalue weighted by molar-refractivity contribution is 5.81. The molecule has 1 aromatic rings. The second-order valence-corrected chi connectivity index (χ2v) is 3.65. The Labute approximate surface area is 123 Å². The summed E-state index contributed by atoms with van der Waals surface area (Å²) >= 11 is 0. The van der Waals surface area contributed by atoms with Crippen LogP contribution in [0.25, 0.3) is 6.08 Å². The summed E-state index contributed by atoms with van der Waals surface area (Å²) in [6.07, 6.45) is 7.28. The summed E-state index contributed by atoms with van der Waals surface area (Å²) in [5.41, 5.74) is 1.17. The summed E-state index contributed by atoms with van der Waals surface area (Å²) < 4.78 is 4.43. The maximum absolute atomic E-state index is 10.1. The van der Waals surface area contributed by atoms with Crippen LogP contribution in [0.1, 0.15) is 32.3 Å². The predicted octanol–water partition coefficient (Wildman–Crippen LogP) is 5.04. The van der Waals surface area contributed by atoms with Crippen molar-refractivity contribution in [3.63, 3.8) is 0 Å². The van der Waals surface area contributed by atoms with E-state index in [1.807, 2.05) is 42.5 Å². The van der Waals surface area contributed by atoms with Gasteiger partial charge in [0.05, 0.1) is 6.61 Å². The van der Waals surface area contributed by atoms with E-state index in [9.17, 15) is 4.79 Å². The molecule has 0 bridgehead atoms. The smallest absolute Gasteiger partial charge is 0.330 e. The number of allylic oxidation sites excluding steroid dienone is 1. The molecule has 1 rings (SSSR count). The zero-order chi connectivity index (χ0) is 15.6. The summed E-state index contributed by atoms with van der Waals surface area (Å²) in [7, 11) is 0. The van der Waals surface area contributed by atoms with Gasteiger partial charge in [0.25, 0.3) is 0 Å². The molecule has 0 aliphatic heterocycles. The van der Waals surface area contributed by atoms with Crippen LogP contribution in [0, 0.1) is 0 Å². The number of esters is 1. The number of ether oxygens (including phenoxy) is 1. The molecule has 0 fully saturated rings. The molecule has 0 spiro atoms. The zero-order valence-electron chi connectivity index (χ0n) is 12.7. The molecular formula is C18H26O2. The summed E-state index contributed by atoms with van der Waals surface area (Å²) in [6.45, 7) is 14.7. The van der Waals surface area contributed by atoms with E-state index in [0.717, 1.165) is 12.5 Å². The third-order valence-corrected chi connectivity index (χ3v) is 1.98. The highest BCUT2D eigenvalue weighted by Gasteiger charge is 1.86. The van der Waals surface area contributed by atoms with Crippen molar-refractivity contribution in [2.45, 2.75) is 26.7 Å². The van der Waals surface area contributed by atoms with Crippen LogP contribution in [0.5, 0.6) is 0 Å². The van der Waals surface area contributed by atoms with E-state index in [1.165, 1.54) is 12.0 Å². The highest BCUT2D eigenvalue weighted by atomic mass is 16.5. The quantitative estimate of drug-likeness (QED) is 0.427. The van der Waals surface area contributed by atoms with Crippen LogP contribution in [-0.4, -0.2) is 12.6 Å². The van der Waals surface area contributed by atoms with Crippen molar-refractivity contribution in [3.8, 4) is 0 Å². The molecule has 0 aliphatic rings. The lowest BCUT2D eigenvalue weighted by Gasteiger charge is -1.90. The number of benzene rings is 1. The van der Waals surface area contributed by atoms with Crippen molar-refractivity contribution in [3.05, 3.63) is 67.8 Å². The molecule has 0 unspecified atom stereocenters. The first kappa shape index (κ1) is 20.2. The second-order valence-electron chi connectivity index (χ2n) is 3.65. The fourth-order valence-electron chi connectivity index (χ4n) is 0.994. The van der Waals surface area contributed by atoms with E-state index >= 15 is 0 Å². The van der Waals surface area contributed by atoms with Gasteiger partial charge in [-0.05, 0) is 18.9 Å².